The Balaban J connectivity index is 2.26. The number of hydrogen-bond acceptors (Lipinski definition) is 1. The maximum Gasteiger partial charge on any atom is 0.107 e. The first-order valence-electron chi connectivity index (χ1n) is 5.68. The molecule has 0 amide bonds. The zero-order valence-corrected chi connectivity index (χ0v) is 14.0. The van der Waals surface area contributed by atoms with Gasteiger partial charge in [0.2, 0.25) is 0 Å². The molecule has 0 N–H and O–H groups in total. The maximum atomic E-state index is 6.12. The number of thiophene rings is 1. The van der Waals surface area contributed by atoms with Gasteiger partial charge < -0.3 is 0 Å². The van der Waals surface area contributed by atoms with Crippen LogP contribution in [0.3, 0.4) is 0 Å². The van der Waals surface area contributed by atoms with E-state index in [1.54, 1.807) is 11.3 Å². The van der Waals surface area contributed by atoms with Crippen molar-refractivity contribution in [1.82, 2.24) is 0 Å². The Morgan fingerprint density at radius 2 is 2.12 bits per heavy atom. The zero-order chi connectivity index (χ0) is 11.8. The molecule has 0 nitrogen and oxygen atoms in total. The van der Waals surface area contributed by atoms with Gasteiger partial charge in [-0.15, -0.1) is 11.3 Å². The van der Waals surface area contributed by atoms with Crippen molar-refractivity contribution in [3.8, 4) is 0 Å². The Hall–Kier alpha value is 0.950. The lowest BCUT2D eigenvalue weighted by molar-refractivity contribution is 0.281. The van der Waals surface area contributed by atoms with Gasteiger partial charge in [0.25, 0.3) is 0 Å². The molecule has 0 aromatic carbocycles. The van der Waals surface area contributed by atoms with E-state index in [1.807, 2.05) is 0 Å². The molecular formula is C12H15Br2ClS. The summed E-state index contributed by atoms with van der Waals surface area (Å²) in [6, 6.07) is 2.17. The van der Waals surface area contributed by atoms with Crippen LogP contribution in [-0.2, 0) is 0 Å². The molecule has 0 aliphatic heterocycles. The van der Waals surface area contributed by atoms with Gasteiger partial charge >= 0.3 is 0 Å². The van der Waals surface area contributed by atoms with E-state index in [1.165, 1.54) is 37.0 Å². The quantitative estimate of drug-likeness (QED) is 0.515. The van der Waals surface area contributed by atoms with Gasteiger partial charge in [-0.1, -0.05) is 47.3 Å². The molecule has 1 aliphatic carbocycles. The maximum absolute atomic E-state index is 6.12. The highest BCUT2D eigenvalue weighted by Crippen LogP contribution is 2.56. The predicted molar refractivity (Wildman–Crippen MR) is 79.9 cm³/mol. The van der Waals surface area contributed by atoms with Gasteiger partial charge in [0.05, 0.1) is 4.83 Å². The van der Waals surface area contributed by atoms with Gasteiger partial charge in [-0.05, 0) is 46.7 Å². The van der Waals surface area contributed by atoms with E-state index in [4.69, 9.17) is 11.6 Å². The Bertz CT molecular complexity index is 350. The fraction of sp³-hybridized carbons (Fsp3) is 0.667. The van der Waals surface area contributed by atoms with Crippen molar-refractivity contribution in [1.29, 1.82) is 0 Å². The van der Waals surface area contributed by atoms with Gasteiger partial charge in [0.15, 0.2) is 0 Å². The van der Waals surface area contributed by atoms with E-state index < -0.39 is 0 Å². The van der Waals surface area contributed by atoms with Crippen LogP contribution in [-0.4, -0.2) is 0 Å². The fourth-order valence-electron chi connectivity index (χ4n) is 2.66. The summed E-state index contributed by atoms with van der Waals surface area (Å²) in [4.78, 5) is 1.82. The van der Waals surface area contributed by atoms with Crippen molar-refractivity contribution in [2.45, 2.75) is 43.9 Å². The Kier molecular flexibility index (Phi) is 4.43. The molecule has 4 heteroatoms. The second-order valence-electron chi connectivity index (χ2n) is 4.56. The van der Waals surface area contributed by atoms with E-state index in [0.29, 0.717) is 10.2 Å². The van der Waals surface area contributed by atoms with Crippen molar-refractivity contribution in [2.75, 3.05) is 0 Å². The second-order valence-corrected chi connectivity index (χ2v) is 8.01. The average Bonchev–Trinajstić information content (AvgIpc) is 2.87. The summed E-state index contributed by atoms with van der Waals surface area (Å²) in [7, 11) is 0. The van der Waals surface area contributed by atoms with Crippen LogP contribution in [0.4, 0.5) is 0 Å². The van der Waals surface area contributed by atoms with Gasteiger partial charge in [-0.3, -0.25) is 0 Å². The summed E-state index contributed by atoms with van der Waals surface area (Å²) in [5.74, 6) is 0. The van der Waals surface area contributed by atoms with Crippen LogP contribution in [0.1, 0.15) is 48.7 Å². The molecule has 2 rings (SSSR count). The van der Waals surface area contributed by atoms with Crippen molar-refractivity contribution >= 4 is 54.8 Å². The molecule has 0 saturated heterocycles. The average molecular weight is 387 g/mol. The number of halogens is 3. The lowest BCUT2D eigenvalue weighted by Crippen LogP contribution is -2.20. The molecule has 1 aliphatic rings. The Labute approximate surface area is 123 Å². The van der Waals surface area contributed by atoms with E-state index in [9.17, 15) is 0 Å². The summed E-state index contributed by atoms with van der Waals surface area (Å²) >= 11 is 15.2. The van der Waals surface area contributed by atoms with Crippen LogP contribution in [0.25, 0.3) is 0 Å². The molecule has 1 atom stereocenters. The highest BCUT2D eigenvalue weighted by atomic mass is 79.9. The molecule has 90 valence electrons. The smallest absolute Gasteiger partial charge is 0.107 e. The predicted octanol–water partition coefficient (Wildman–Crippen LogP) is 6.57. The third-order valence-electron chi connectivity index (χ3n) is 3.76. The van der Waals surface area contributed by atoms with Crippen molar-refractivity contribution < 1.29 is 0 Å². The van der Waals surface area contributed by atoms with Crippen molar-refractivity contribution in [2.24, 2.45) is 5.41 Å². The van der Waals surface area contributed by atoms with Crippen molar-refractivity contribution in [3.63, 3.8) is 0 Å². The normalized spacial score (nSPS) is 21.2. The molecule has 1 aromatic rings. The molecule has 1 unspecified atom stereocenters. The first-order valence-corrected chi connectivity index (χ1v) is 8.58. The monoisotopic (exact) mass is 384 g/mol. The highest BCUT2D eigenvalue weighted by molar-refractivity contribution is 9.10. The summed E-state index contributed by atoms with van der Waals surface area (Å²) in [5, 5.41) is 0. The summed E-state index contributed by atoms with van der Waals surface area (Å²) in [6.07, 6.45) is 6.67. The number of alkyl halides is 1. The molecule has 1 saturated carbocycles. The third-order valence-corrected chi connectivity index (χ3v) is 8.06. The van der Waals surface area contributed by atoms with Gasteiger partial charge in [0, 0.05) is 9.35 Å². The Morgan fingerprint density at radius 3 is 2.56 bits per heavy atom. The Morgan fingerprint density at radius 1 is 1.50 bits per heavy atom. The van der Waals surface area contributed by atoms with E-state index >= 15 is 0 Å². The third kappa shape index (κ3) is 2.38. The van der Waals surface area contributed by atoms with E-state index in [2.05, 4.69) is 44.8 Å². The first kappa shape index (κ1) is 13.4. The standard InChI is InChI=1S/C12H15Br2ClS/c1-2-12(5-3-4-6-12)10(14)9-7-8(13)11(15)16-9/h7,10H,2-6H2,1H3. The van der Waals surface area contributed by atoms with Gasteiger partial charge in [-0.25, -0.2) is 0 Å². The van der Waals surface area contributed by atoms with Crippen molar-refractivity contribution in [3.05, 3.63) is 19.8 Å². The van der Waals surface area contributed by atoms with Crippen LogP contribution in [0.2, 0.25) is 4.34 Å². The minimum atomic E-state index is 0.452. The van der Waals surface area contributed by atoms with Gasteiger partial charge in [-0.2, -0.15) is 0 Å². The minimum Gasteiger partial charge on any atom is -0.126 e. The summed E-state index contributed by atoms with van der Waals surface area (Å²) < 4.78 is 1.89. The summed E-state index contributed by atoms with van der Waals surface area (Å²) in [5.41, 5.74) is 0.452. The van der Waals surface area contributed by atoms with Crippen LogP contribution >= 0.6 is 54.8 Å². The van der Waals surface area contributed by atoms with Crippen LogP contribution < -0.4 is 0 Å². The molecular weight excluding hydrogens is 371 g/mol. The minimum absolute atomic E-state index is 0.452. The van der Waals surface area contributed by atoms with Crippen LogP contribution in [0.15, 0.2) is 10.5 Å². The van der Waals surface area contributed by atoms with Gasteiger partial charge in [0.1, 0.15) is 4.34 Å². The van der Waals surface area contributed by atoms with E-state index in [-0.39, 0.29) is 0 Å². The molecule has 0 spiro atoms. The van der Waals surface area contributed by atoms with Crippen LogP contribution in [0, 0.1) is 5.41 Å². The topological polar surface area (TPSA) is 0 Å². The molecule has 16 heavy (non-hydrogen) atoms. The molecule has 1 aromatic heterocycles. The zero-order valence-electron chi connectivity index (χ0n) is 9.23. The van der Waals surface area contributed by atoms with E-state index in [0.717, 1.165) is 8.81 Å². The second kappa shape index (κ2) is 5.29. The molecule has 0 radical (unpaired) electrons. The van der Waals surface area contributed by atoms with Crippen LogP contribution in [0.5, 0.6) is 0 Å². The number of hydrogen-bond donors (Lipinski definition) is 0. The summed E-state index contributed by atoms with van der Waals surface area (Å²) in [6.45, 7) is 2.31. The number of rotatable bonds is 3. The lowest BCUT2D eigenvalue weighted by atomic mass is 9.79. The lowest BCUT2D eigenvalue weighted by Gasteiger charge is -2.32. The first-order chi connectivity index (χ1) is 7.59. The molecule has 1 heterocycles. The highest BCUT2D eigenvalue weighted by Gasteiger charge is 2.40. The fourth-order valence-corrected chi connectivity index (χ4v) is 5.71. The molecule has 1 fully saturated rings. The molecule has 0 bridgehead atoms. The SMILES string of the molecule is CCC1(C(Br)c2cc(Br)c(Cl)s2)CCCC1. The largest absolute Gasteiger partial charge is 0.126 e.